The molecule has 2 rings (SSSR count). The van der Waals surface area contributed by atoms with Gasteiger partial charge in [-0.25, -0.2) is 0 Å². The zero-order valence-electron chi connectivity index (χ0n) is 12.0. The van der Waals surface area contributed by atoms with Crippen molar-refractivity contribution in [3.8, 4) is 0 Å². The zero-order valence-corrected chi connectivity index (χ0v) is 13.6. The fourth-order valence-corrected chi connectivity index (χ4v) is 3.01. The van der Waals surface area contributed by atoms with Crippen molar-refractivity contribution in [2.75, 3.05) is 14.2 Å². The quantitative estimate of drug-likeness (QED) is 0.878. The van der Waals surface area contributed by atoms with Gasteiger partial charge in [-0.15, -0.1) is 0 Å². The van der Waals surface area contributed by atoms with Crippen molar-refractivity contribution in [2.24, 2.45) is 0 Å². The Labute approximate surface area is 128 Å². The topological polar surface area (TPSA) is 39.1 Å². The summed E-state index contributed by atoms with van der Waals surface area (Å²) in [5.41, 5.74) is 2.25. The van der Waals surface area contributed by atoms with Crippen molar-refractivity contribution in [1.82, 2.24) is 15.1 Å². The Kier molecular flexibility index (Phi) is 5.34. The summed E-state index contributed by atoms with van der Waals surface area (Å²) in [5, 5.41) is 7.74. The van der Waals surface area contributed by atoms with E-state index in [4.69, 9.17) is 4.74 Å². The molecule has 2 atom stereocenters. The summed E-state index contributed by atoms with van der Waals surface area (Å²) >= 11 is 3.59. The van der Waals surface area contributed by atoms with E-state index < -0.39 is 0 Å². The summed E-state index contributed by atoms with van der Waals surface area (Å²) in [5.74, 6) is 0. The lowest BCUT2D eigenvalue weighted by molar-refractivity contribution is 0.0671. The van der Waals surface area contributed by atoms with Gasteiger partial charge >= 0.3 is 0 Å². The molecule has 0 amide bonds. The molecule has 0 bridgehead atoms. The van der Waals surface area contributed by atoms with Crippen molar-refractivity contribution in [2.45, 2.75) is 25.6 Å². The highest BCUT2D eigenvalue weighted by Gasteiger charge is 2.28. The maximum Gasteiger partial charge on any atom is 0.103 e. The number of hydrogen-bond donors (Lipinski definition) is 1. The van der Waals surface area contributed by atoms with E-state index in [9.17, 15) is 0 Å². The van der Waals surface area contributed by atoms with Crippen LogP contribution in [0.4, 0.5) is 0 Å². The predicted molar refractivity (Wildman–Crippen MR) is 83.6 cm³/mol. The molecule has 0 radical (unpaired) electrons. The summed E-state index contributed by atoms with van der Waals surface area (Å²) < 4.78 is 8.73. The normalized spacial score (nSPS) is 14.2. The number of halogens is 1. The molecule has 0 saturated carbocycles. The smallest absolute Gasteiger partial charge is 0.103 e. The zero-order chi connectivity index (χ0) is 14.5. The highest BCUT2D eigenvalue weighted by molar-refractivity contribution is 9.10. The third-order valence-electron chi connectivity index (χ3n) is 3.42. The highest BCUT2D eigenvalue weighted by atomic mass is 79.9. The Morgan fingerprint density at radius 1 is 1.35 bits per heavy atom. The van der Waals surface area contributed by atoms with E-state index in [2.05, 4.69) is 45.4 Å². The van der Waals surface area contributed by atoms with Gasteiger partial charge in [-0.1, -0.05) is 30.3 Å². The van der Waals surface area contributed by atoms with Crippen LogP contribution in [0.3, 0.4) is 0 Å². The molecule has 1 aromatic carbocycles. The number of nitrogens with one attached hydrogen (secondary N) is 1. The van der Waals surface area contributed by atoms with Crippen LogP contribution in [0.5, 0.6) is 0 Å². The number of aromatic nitrogens is 2. The number of aryl methyl sites for hydroxylation is 1. The van der Waals surface area contributed by atoms with E-state index in [-0.39, 0.29) is 12.1 Å². The SMILES string of the molecule is CCn1ncc(Br)c1C(NC)C(OC)c1ccccc1. The molecule has 0 aliphatic heterocycles. The maximum atomic E-state index is 5.74. The first-order valence-electron chi connectivity index (χ1n) is 6.69. The lowest BCUT2D eigenvalue weighted by atomic mass is 9.99. The summed E-state index contributed by atoms with van der Waals surface area (Å²) in [6, 6.07) is 10.3. The minimum Gasteiger partial charge on any atom is -0.375 e. The van der Waals surface area contributed by atoms with Gasteiger partial charge in [0.25, 0.3) is 0 Å². The number of ether oxygens (including phenoxy) is 1. The van der Waals surface area contributed by atoms with Crippen molar-refractivity contribution >= 4 is 15.9 Å². The van der Waals surface area contributed by atoms with Crippen LogP contribution < -0.4 is 5.32 Å². The second-order valence-corrected chi connectivity index (χ2v) is 5.38. The summed E-state index contributed by atoms with van der Waals surface area (Å²) in [7, 11) is 3.68. The fraction of sp³-hybridized carbons (Fsp3) is 0.400. The molecule has 0 fully saturated rings. The van der Waals surface area contributed by atoms with Gasteiger partial charge in [0.1, 0.15) is 6.10 Å². The van der Waals surface area contributed by atoms with Crippen LogP contribution >= 0.6 is 15.9 Å². The Balaban J connectivity index is 2.42. The van der Waals surface area contributed by atoms with Crippen molar-refractivity contribution in [3.05, 3.63) is 52.3 Å². The standard InChI is InChI=1S/C15H20BrN3O/c1-4-19-14(12(16)10-18-19)13(17-2)15(20-3)11-8-6-5-7-9-11/h5-10,13,15,17H,4H2,1-3H3. The number of nitrogens with zero attached hydrogens (tertiary/aromatic N) is 2. The van der Waals surface area contributed by atoms with Crippen LogP contribution in [0.25, 0.3) is 0 Å². The first-order valence-corrected chi connectivity index (χ1v) is 7.48. The molecular formula is C15H20BrN3O. The largest absolute Gasteiger partial charge is 0.375 e. The van der Waals surface area contributed by atoms with Crippen molar-refractivity contribution in [3.63, 3.8) is 0 Å². The Morgan fingerprint density at radius 2 is 2.05 bits per heavy atom. The minimum atomic E-state index is -0.0699. The second-order valence-electron chi connectivity index (χ2n) is 4.53. The van der Waals surface area contributed by atoms with E-state index in [1.807, 2.05) is 36.1 Å². The average molecular weight is 338 g/mol. The summed E-state index contributed by atoms with van der Waals surface area (Å²) in [6.45, 7) is 2.91. The monoisotopic (exact) mass is 337 g/mol. The molecule has 1 aromatic heterocycles. The lowest BCUT2D eigenvalue weighted by Crippen LogP contribution is -2.28. The first-order chi connectivity index (χ1) is 9.72. The maximum absolute atomic E-state index is 5.74. The third-order valence-corrected chi connectivity index (χ3v) is 4.03. The lowest BCUT2D eigenvalue weighted by Gasteiger charge is -2.27. The third kappa shape index (κ3) is 2.95. The van der Waals surface area contributed by atoms with Crippen LogP contribution in [0.1, 0.15) is 30.3 Å². The number of hydrogen-bond acceptors (Lipinski definition) is 3. The van der Waals surface area contributed by atoms with Gasteiger partial charge < -0.3 is 10.1 Å². The predicted octanol–water partition coefficient (Wildman–Crippen LogP) is 3.31. The minimum absolute atomic E-state index is 0.0271. The van der Waals surface area contributed by atoms with Crippen LogP contribution in [0.2, 0.25) is 0 Å². The van der Waals surface area contributed by atoms with Gasteiger partial charge in [0, 0.05) is 13.7 Å². The first kappa shape index (κ1) is 15.2. The molecule has 0 saturated heterocycles. The van der Waals surface area contributed by atoms with Crippen LogP contribution in [0, 0.1) is 0 Å². The Hall–Kier alpha value is -1.17. The molecule has 0 aliphatic carbocycles. The van der Waals surface area contributed by atoms with E-state index in [0.717, 1.165) is 22.3 Å². The molecule has 2 unspecified atom stereocenters. The molecule has 0 spiro atoms. The molecule has 108 valence electrons. The average Bonchev–Trinajstić information content (AvgIpc) is 2.86. The molecule has 4 nitrogen and oxygen atoms in total. The van der Waals surface area contributed by atoms with Crippen LogP contribution in [-0.4, -0.2) is 23.9 Å². The van der Waals surface area contributed by atoms with Gasteiger partial charge in [0.15, 0.2) is 0 Å². The van der Waals surface area contributed by atoms with Crippen molar-refractivity contribution < 1.29 is 4.74 Å². The molecule has 5 heteroatoms. The van der Waals surface area contributed by atoms with E-state index in [1.165, 1.54) is 0 Å². The van der Waals surface area contributed by atoms with Gasteiger partial charge in [0.05, 0.1) is 22.4 Å². The van der Waals surface area contributed by atoms with E-state index in [0.29, 0.717) is 0 Å². The number of methoxy groups -OCH3 is 1. The number of benzene rings is 1. The Bertz CT molecular complexity index is 541. The molecule has 2 aromatic rings. The van der Waals surface area contributed by atoms with E-state index >= 15 is 0 Å². The molecular weight excluding hydrogens is 318 g/mol. The van der Waals surface area contributed by atoms with Crippen LogP contribution in [-0.2, 0) is 11.3 Å². The highest BCUT2D eigenvalue weighted by Crippen LogP contribution is 2.34. The van der Waals surface area contributed by atoms with Gasteiger partial charge in [-0.3, -0.25) is 4.68 Å². The van der Waals surface area contributed by atoms with Gasteiger partial charge in [-0.05, 0) is 35.5 Å². The van der Waals surface area contributed by atoms with Gasteiger partial charge in [-0.2, -0.15) is 5.10 Å². The fourth-order valence-electron chi connectivity index (χ4n) is 2.47. The summed E-state index contributed by atoms with van der Waals surface area (Å²) in [4.78, 5) is 0. The van der Waals surface area contributed by atoms with Crippen LogP contribution in [0.15, 0.2) is 41.0 Å². The Morgan fingerprint density at radius 3 is 2.60 bits per heavy atom. The molecule has 20 heavy (non-hydrogen) atoms. The van der Waals surface area contributed by atoms with E-state index in [1.54, 1.807) is 7.11 Å². The van der Waals surface area contributed by atoms with Gasteiger partial charge in [0.2, 0.25) is 0 Å². The number of likely N-dealkylation sites (N-methyl/N-ethyl adjacent to an activating group) is 1. The molecule has 1 N–H and O–H groups in total. The molecule has 1 heterocycles. The molecule has 0 aliphatic rings. The second kappa shape index (κ2) is 7.02. The number of rotatable bonds is 6. The van der Waals surface area contributed by atoms with Crippen molar-refractivity contribution in [1.29, 1.82) is 0 Å². The summed E-state index contributed by atoms with van der Waals surface area (Å²) in [6.07, 6.45) is 1.76.